The Morgan fingerprint density at radius 1 is 1.62 bits per heavy atom. The van der Waals surface area contributed by atoms with Gasteiger partial charge in [-0.2, -0.15) is 0 Å². The number of hydrogen-bond donors (Lipinski definition) is 1. The van der Waals surface area contributed by atoms with Crippen molar-refractivity contribution in [2.75, 3.05) is 5.88 Å². The molecular formula is C3H3Cl3NO. The van der Waals surface area contributed by atoms with Gasteiger partial charge in [0.1, 0.15) is 0 Å². The molecule has 0 atom stereocenters. The molecule has 0 aromatic carbocycles. The monoisotopic (exact) mass is 174 g/mol. The molecule has 0 aromatic heterocycles. The van der Waals surface area contributed by atoms with Gasteiger partial charge in [0.15, 0.2) is 0 Å². The molecule has 1 amide bonds. The van der Waals surface area contributed by atoms with Crippen molar-refractivity contribution in [3.05, 3.63) is 0 Å². The average Bonchev–Trinajstić information content (AvgIpc) is 1.67. The van der Waals surface area contributed by atoms with Gasteiger partial charge in [0, 0.05) is 0 Å². The van der Waals surface area contributed by atoms with Crippen LogP contribution in [0, 0.1) is 0 Å². The van der Waals surface area contributed by atoms with Crippen LogP contribution in [-0.4, -0.2) is 16.7 Å². The van der Waals surface area contributed by atoms with Crippen molar-refractivity contribution >= 4 is 41.2 Å². The van der Waals surface area contributed by atoms with Crippen molar-refractivity contribution in [1.29, 1.82) is 0 Å². The summed E-state index contributed by atoms with van der Waals surface area (Å²) in [6, 6.07) is 0. The van der Waals surface area contributed by atoms with Crippen LogP contribution in [0.4, 0.5) is 0 Å². The Hall–Kier alpha value is 0.340. The van der Waals surface area contributed by atoms with E-state index < -0.39 is 4.46 Å². The minimum atomic E-state index is -1.37. The molecule has 0 saturated heterocycles. The highest BCUT2D eigenvalue weighted by Gasteiger charge is 2.20. The Bertz CT molecular complexity index is 84.6. The van der Waals surface area contributed by atoms with Crippen molar-refractivity contribution < 1.29 is 4.79 Å². The second-order valence-electron chi connectivity index (χ2n) is 1.07. The zero-order valence-electron chi connectivity index (χ0n) is 3.75. The number of amides is 1. The quantitative estimate of drug-likeness (QED) is 0.387. The highest BCUT2D eigenvalue weighted by Crippen LogP contribution is 2.16. The van der Waals surface area contributed by atoms with Crippen LogP contribution in [0.2, 0.25) is 0 Å². The summed E-state index contributed by atoms with van der Waals surface area (Å²) in [5.41, 5.74) is 0. The predicted molar refractivity (Wildman–Crippen MR) is 34.0 cm³/mol. The van der Waals surface area contributed by atoms with Gasteiger partial charge < -0.3 is 5.32 Å². The summed E-state index contributed by atoms with van der Waals surface area (Å²) in [5, 5.41) is 1.96. The summed E-state index contributed by atoms with van der Waals surface area (Å²) >= 11 is 15.7. The molecule has 47 valence electrons. The SMILES string of the molecule is O=[C]NC(Cl)(Cl)CCl. The van der Waals surface area contributed by atoms with Gasteiger partial charge in [-0.3, -0.25) is 4.79 Å². The van der Waals surface area contributed by atoms with E-state index in [4.69, 9.17) is 34.8 Å². The minimum Gasteiger partial charge on any atom is -0.316 e. The fraction of sp³-hybridized carbons (Fsp3) is 0.667. The lowest BCUT2D eigenvalue weighted by atomic mass is 10.7. The van der Waals surface area contributed by atoms with Crippen LogP contribution in [0.1, 0.15) is 0 Å². The number of halogens is 3. The first-order chi connectivity index (χ1) is 3.62. The summed E-state index contributed by atoms with van der Waals surface area (Å²) in [4.78, 5) is 9.52. The fourth-order valence-electron chi connectivity index (χ4n) is 0.108. The fourth-order valence-corrected chi connectivity index (χ4v) is 0.252. The number of nitrogens with one attached hydrogen (secondary N) is 1. The van der Waals surface area contributed by atoms with Crippen molar-refractivity contribution in [2.45, 2.75) is 4.46 Å². The van der Waals surface area contributed by atoms with Crippen molar-refractivity contribution in [3.8, 4) is 0 Å². The molecule has 0 unspecified atom stereocenters. The molecule has 1 radical (unpaired) electrons. The Morgan fingerprint density at radius 3 is 2.25 bits per heavy atom. The van der Waals surface area contributed by atoms with Crippen molar-refractivity contribution in [3.63, 3.8) is 0 Å². The molecule has 0 bridgehead atoms. The van der Waals surface area contributed by atoms with E-state index in [1.165, 1.54) is 6.41 Å². The van der Waals surface area contributed by atoms with Gasteiger partial charge in [0.05, 0.1) is 5.88 Å². The molecule has 0 spiro atoms. The summed E-state index contributed by atoms with van der Waals surface area (Å²) in [6.07, 6.45) is 1.31. The van der Waals surface area contributed by atoms with E-state index >= 15 is 0 Å². The van der Waals surface area contributed by atoms with Gasteiger partial charge in [-0.15, -0.1) is 11.6 Å². The molecule has 0 aliphatic heterocycles. The lowest BCUT2D eigenvalue weighted by Crippen LogP contribution is -2.34. The maximum atomic E-state index is 9.52. The van der Waals surface area contributed by atoms with E-state index in [1.54, 1.807) is 0 Å². The normalized spacial score (nSPS) is 10.9. The van der Waals surface area contributed by atoms with Gasteiger partial charge in [0.25, 0.3) is 0 Å². The van der Waals surface area contributed by atoms with Gasteiger partial charge in [-0.1, -0.05) is 23.2 Å². The van der Waals surface area contributed by atoms with E-state index in [0.29, 0.717) is 0 Å². The number of alkyl halides is 3. The molecule has 1 N–H and O–H groups in total. The smallest absolute Gasteiger partial charge is 0.311 e. The Kier molecular flexibility index (Phi) is 3.53. The first-order valence-electron chi connectivity index (χ1n) is 1.70. The van der Waals surface area contributed by atoms with Crippen LogP contribution < -0.4 is 5.32 Å². The van der Waals surface area contributed by atoms with Crippen molar-refractivity contribution in [2.24, 2.45) is 0 Å². The minimum absolute atomic E-state index is 0.0641. The summed E-state index contributed by atoms with van der Waals surface area (Å²) in [7, 11) is 0. The topological polar surface area (TPSA) is 29.1 Å². The highest BCUT2D eigenvalue weighted by atomic mass is 35.5. The van der Waals surface area contributed by atoms with Crippen LogP contribution in [0.3, 0.4) is 0 Å². The number of rotatable bonds is 3. The lowest BCUT2D eigenvalue weighted by Gasteiger charge is -2.11. The number of carbonyl (C=O) groups excluding carboxylic acids is 1. The third kappa shape index (κ3) is 3.36. The molecule has 0 rings (SSSR count). The second-order valence-corrected chi connectivity index (χ2v) is 2.82. The van der Waals surface area contributed by atoms with Crippen LogP contribution in [0.25, 0.3) is 0 Å². The van der Waals surface area contributed by atoms with Gasteiger partial charge in [-0.05, 0) is 0 Å². The number of hydrogen-bond acceptors (Lipinski definition) is 1. The molecule has 2 nitrogen and oxygen atoms in total. The Labute approximate surface area is 62.1 Å². The van der Waals surface area contributed by atoms with Gasteiger partial charge in [-0.25, -0.2) is 0 Å². The van der Waals surface area contributed by atoms with Gasteiger partial charge in [0.2, 0.25) is 4.46 Å². The van der Waals surface area contributed by atoms with E-state index in [-0.39, 0.29) is 5.88 Å². The molecule has 5 heteroatoms. The van der Waals surface area contributed by atoms with Crippen LogP contribution >= 0.6 is 34.8 Å². The summed E-state index contributed by atoms with van der Waals surface area (Å²) in [6.45, 7) is 0. The maximum absolute atomic E-state index is 9.52. The first-order valence-corrected chi connectivity index (χ1v) is 2.99. The molecule has 0 aliphatic carbocycles. The Morgan fingerprint density at radius 2 is 2.12 bits per heavy atom. The lowest BCUT2D eigenvalue weighted by molar-refractivity contribution is 0.537. The van der Waals surface area contributed by atoms with Crippen LogP contribution in [0.15, 0.2) is 0 Å². The van der Waals surface area contributed by atoms with Crippen LogP contribution in [-0.2, 0) is 4.79 Å². The Balaban J connectivity index is 3.53. The zero-order chi connectivity index (χ0) is 6.62. The van der Waals surface area contributed by atoms with Crippen LogP contribution in [0.5, 0.6) is 0 Å². The molecular weight excluding hydrogens is 172 g/mol. The predicted octanol–water partition coefficient (Wildman–Crippen LogP) is 1.01. The second kappa shape index (κ2) is 3.38. The van der Waals surface area contributed by atoms with E-state index in [1.807, 2.05) is 5.32 Å². The van der Waals surface area contributed by atoms with E-state index in [9.17, 15) is 4.79 Å². The molecule has 8 heavy (non-hydrogen) atoms. The van der Waals surface area contributed by atoms with Gasteiger partial charge >= 0.3 is 6.41 Å². The maximum Gasteiger partial charge on any atom is 0.311 e. The zero-order valence-corrected chi connectivity index (χ0v) is 6.02. The molecule has 0 heterocycles. The highest BCUT2D eigenvalue weighted by molar-refractivity contribution is 6.51. The van der Waals surface area contributed by atoms with Crippen molar-refractivity contribution in [1.82, 2.24) is 5.32 Å². The molecule has 0 saturated carbocycles. The summed E-state index contributed by atoms with van der Waals surface area (Å²) in [5.74, 6) is -0.0641. The first kappa shape index (κ1) is 8.34. The standard InChI is InChI=1S/C3H3Cl3NO/c4-1-3(5,6)7-2-8/h1H2,(H,7,8). The average molecular weight is 175 g/mol. The van der Waals surface area contributed by atoms with E-state index in [2.05, 4.69) is 0 Å². The third-order valence-electron chi connectivity index (χ3n) is 0.402. The molecule has 0 fully saturated rings. The van der Waals surface area contributed by atoms with E-state index in [0.717, 1.165) is 0 Å². The molecule has 0 aliphatic rings. The molecule has 0 aromatic rings. The summed E-state index contributed by atoms with van der Waals surface area (Å²) < 4.78 is -1.37. The third-order valence-corrected chi connectivity index (χ3v) is 1.53. The largest absolute Gasteiger partial charge is 0.316 e.